The Bertz CT molecular complexity index is 463. The molecule has 0 aromatic heterocycles. The highest BCUT2D eigenvalue weighted by Gasteiger charge is 2.40. The Morgan fingerprint density at radius 3 is 2.56 bits per heavy atom. The van der Waals surface area contributed by atoms with E-state index in [1.807, 2.05) is 0 Å². The minimum atomic E-state index is -1.28. The predicted octanol–water partition coefficient (Wildman–Crippen LogP) is 4.12. The Balaban J connectivity index is 2.28. The lowest BCUT2D eigenvalue weighted by Crippen LogP contribution is -2.42. The molecule has 4 heteroatoms. The van der Waals surface area contributed by atoms with Crippen LogP contribution in [-0.4, -0.2) is 16.5 Å². The van der Waals surface area contributed by atoms with Gasteiger partial charge in [-0.15, -0.1) is 0 Å². The average Bonchev–Trinajstić information content (AvgIpc) is 2.35. The van der Waals surface area contributed by atoms with E-state index in [4.69, 9.17) is 23.2 Å². The van der Waals surface area contributed by atoms with Crippen molar-refractivity contribution >= 4 is 29.0 Å². The van der Waals surface area contributed by atoms with Crippen LogP contribution in [0, 0.1) is 5.92 Å². The number of ketones is 1. The molecule has 1 aromatic rings. The molecule has 0 saturated heterocycles. The van der Waals surface area contributed by atoms with Gasteiger partial charge < -0.3 is 5.11 Å². The van der Waals surface area contributed by atoms with Crippen molar-refractivity contribution in [2.75, 3.05) is 0 Å². The Hall–Kier alpha value is -0.570. The number of carbonyl (C=O) groups is 1. The summed E-state index contributed by atoms with van der Waals surface area (Å²) in [4.78, 5) is 12.4. The number of aliphatic hydroxyl groups is 1. The van der Waals surface area contributed by atoms with Gasteiger partial charge in [-0.2, -0.15) is 0 Å². The highest BCUT2D eigenvalue weighted by atomic mass is 35.5. The fourth-order valence-electron chi connectivity index (χ4n) is 2.39. The zero-order chi connectivity index (χ0) is 13.3. The maximum absolute atomic E-state index is 12.4. The molecule has 1 aliphatic carbocycles. The van der Waals surface area contributed by atoms with Gasteiger partial charge in [0, 0.05) is 10.6 Å². The van der Waals surface area contributed by atoms with Crippen molar-refractivity contribution in [3.63, 3.8) is 0 Å². The summed E-state index contributed by atoms with van der Waals surface area (Å²) in [6, 6.07) is 4.75. The van der Waals surface area contributed by atoms with Gasteiger partial charge in [0.1, 0.15) is 5.60 Å². The zero-order valence-electron chi connectivity index (χ0n) is 10.2. The molecule has 0 spiro atoms. The summed E-state index contributed by atoms with van der Waals surface area (Å²) < 4.78 is 0. The minimum absolute atomic E-state index is 0.304. The smallest absolute Gasteiger partial charge is 0.195 e. The van der Waals surface area contributed by atoms with Crippen LogP contribution in [0.2, 0.25) is 10.0 Å². The molecule has 1 N–H and O–H groups in total. The molecule has 1 aromatic carbocycles. The van der Waals surface area contributed by atoms with E-state index in [2.05, 4.69) is 6.92 Å². The number of hydrogen-bond donors (Lipinski definition) is 1. The van der Waals surface area contributed by atoms with E-state index >= 15 is 0 Å². The molecule has 0 aliphatic heterocycles. The van der Waals surface area contributed by atoms with Crippen molar-refractivity contribution < 1.29 is 9.90 Å². The standard InChI is InChI=1S/C14H16Cl2O2/c1-9-4-6-14(18,7-5-9)13(17)11-8-10(15)2-3-12(11)16/h2-3,8-9,18H,4-7H2,1H3. The topological polar surface area (TPSA) is 37.3 Å². The third-order valence-electron chi connectivity index (χ3n) is 3.70. The second-order valence-corrected chi connectivity index (χ2v) is 6.01. The van der Waals surface area contributed by atoms with Gasteiger partial charge in [0.2, 0.25) is 0 Å². The maximum Gasteiger partial charge on any atom is 0.195 e. The van der Waals surface area contributed by atoms with Crippen LogP contribution in [0.3, 0.4) is 0 Å². The number of Topliss-reactive ketones (excluding diaryl/α,β-unsaturated/α-hetero) is 1. The molecule has 1 fully saturated rings. The zero-order valence-corrected chi connectivity index (χ0v) is 11.8. The lowest BCUT2D eigenvalue weighted by Gasteiger charge is -2.33. The molecule has 0 bridgehead atoms. The van der Waals surface area contributed by atoms with Crippen molar-refractivity contribution in [1.82, 2.24) is 0 Å². The summed E-state index contributed by atoms with van der Waals surface area (Å²) in [5, 5.41) is 11.3. The van der Waals surface area contributed by atoms with Crippen molar-refractivity contribution in [2.45, 2.75) is 38.2 Å². The summed E-state index contributed by atoms with van der Waals surface area (Å²) in [5.41, 5.74) is -0.956. The molecule has 1 aliphatic rings. The van der Waals surface area contributed by atoms with Crippen LogP contribution in [0.15, 0.2) is 18.2 Å². The first-order chi connectivity index (χ1) is 8.42. The second-order valence-electron chi connectivity index (χ2n) is 5.17. The molecule has 0 atom stereocenters. The van der Waals surface area contributed by atoms with E-state index < -0.39 is 5.60 Å². The van der Waals surface area contributed by atoms with Crippen LogP contribution >= 0.6 is 23.2 Å². The van der Waals surface area contributed by atoms with E-state index in [0.717, 1.165) is 12.8 Å². The Morgan fingerprint density at radius 2 is 1.94 bits per heavy atom. The number of hydrogen-bond acceptors (Lipinski definition) is 2. The van der Waals surface area contributed by atoms with Gasteiger partial charge >= 0.3 is 0 Å². The molecule has 18 heavy (non-hydrogen) atoms. The average molecular weight is 287 g/mol. The lowest BCUT2D eigenvalue weighted by molar-refractivity contribution is 0.00427. The van der Waals surface area contributed by atoms with Gasteiger partial charge in [-0.1, -0.05) is 30.1 Å². The molecule has 1 saturated carbocycles. The summed E-state index contributed by atoms with van der Waals surface area (Å²) in [7, 11) is 0. The number of rotatable bonds is 2. The predicted molar refractivity (Wildman–Crippen MR) is 73.4 cm³/mol. The number of carbonyl (C=O) groups excluding carboxylic acids is 1. The van der Waals surface area contributed by atoms with Gasteiger partial charge in [0.05, 0.1) is 5.02 Å². The number of benzene rings is 1. The first-order valence-electron chi connectivity index (χ1n) is 6.14. The summed E-state index contributed by atoms with van der Waals surface area (Å²) in [6.07, 6.45) is 2.71. The third kappa shape index (κ3) is 2.71. The summed E-state index contributed by atoms with van der Waals surface area (Å²) >= 11 is 11.9. The molecule has 0 amide bonds. The number of halogens is 2. The van der Waals surface area contributed by atoms with Crippen LogP contribution in [0.25, 0.3) is 0 Å². The quantitative estimate of drug-likeness (QED) is 0.831. The SMILES string of the molecule is CC1CCC(O)(C(=O)c2cc(Cl)ccc2Cl)CC1. The van der Waals surface area contributed by atoms with E-state index in [1.165, 1.54) is 6.07 Å². The highest BCUT2D eigenvalue weighted by molar-refractivity contribution is 6.36. The van der Waals surface area contributed by atoms with Crippen molar-refractivity contribution in [2.24, 2.45) is 5.92 Å². The third-order valence-corrected chi connectivity index (χ3v) is 4.26. The largest absolute Gasteiger partial charge is 0.382 e. The first kappa shape index (κ1) is 13.9. The molecule has 0 radical (unpaired) electrons. The van der Waals surface area contributed by atoms with Crippen LogP contribution in [-0.2, 0) is 0 Å². The minimum Gasteiger partial charge on any atom is -0.382 e. The van der Waals surface area contributed by atoms with Crippen LogP contribution in [0.4, 0.5) is 0 Å². The molecule has 0 unspecified atom stereocenters. The van der Waals surface area contributed by atoms with Crippen molar-refractivity contribution in [1.29, 1.82) is 0 Å². The fourth-order valence-corrected chi connectivity index (χ4v) is 2.76. The molecular weight excluding hydrogens is 271 g/mol. The first-order valence-corrected chi connectivity index (χ1v) is 6.90. The molecule has 2 rings (SSSR count). The van der Waals surface area contributed by atoms with E-state index in [1.54, 1.807) is 12.1 Å². The normalized spacial score (nSPS) is 28.1. The molecule has 2 nitrogen and oxygen atoms in total. The van der Waals surface area contributed by atoms with Gasteiger partial charge in [-0.25, -0.2) is 0 Å². The Kier molecular flexibility index (Phi) is 4.00. The Morgan fingerprint density at radius 1 is 1.33 bits per heavy atom. The van der Waals surface area contributed by atoms with Crippen molar-refractivity contribution in [3.8, 4) is 0 Å². The van der Waals surface area contributed by atoms with E-state index in [0.29, 0.717) is 34.4 Å². The Labute approximate surface area is 117 Å². The van der Waals surface area contributed by atoms with Gasteiger partial charge in [-0.05, 0) is 49.8 Å². The van der Waals surface area contributed by atoms with Gasteiger partial charge in [0.15, 0.2) is 5.78 Å². The summed E-state index contributed by atoms with van der Waals surface area (Å²) in [5.74, 6) is 0.259. The maximum atomic E-state index is 12.4. The van der Waals surface area contributed by atoms with E-state index in [-0.39, 0.29) is 5.78 Å². The van der Waals surface area contributed by atoms with E-state index in [9.17, 15) is 9.90 Å². The molecule has 0 heterocycles. The molecular formula is C14H16Cl2O2. The molecule has 98 valence electrons. The monoisotopic (exact) mass is 286 g/mol. The van der Waals surface area contributed by atoms with Gasteiger partial charge in [-0.3, -0.25) is 4.79 Å². The van der Waals surface area contributed by atoms with Crippen LogP contribution in [0.5, 0.6) is 0 Å². The van der Waals surface area contributed by atoms with Gasteiger partial charge in [0.25, 0.3) is 0 Å². The summed E-state index contributed by atoms with van der Waals surface area (Å²) in [6.45, 7) is 2.14. The fraction of sp³-hybridized carbons (Fsp3) is 0.500. The lowest BCUT2D eigenvalue weighted by atomic mass is 9.76. The van der Waals surface area contributed by atoms with Crippen molar-refractivity contribution in [3.05, 3.63) is 33.8 Å². The van der Waals surface area contributed by atoms with Crippen LogP contribution < -0.4 is 0 Å². The highest BCUT2D eigenvalue weighted by Crippen LogP contribution is 2.36. The second kappa shape index (κ2) is 5.20. The van der Waals surface area contributed by atoms with Crippen LogP contribution in [0.1, 0.15) is 43.0 Å².